The maximum atomic E-state index is 6.37. The van der Waals surface area contributed by atoms with Crippen LogP contribution in [0.2, 0.25) is 0 Å². The normalized spacial score (nSPS) is 14.9. The molecule has 1 aliphatic rings. The van der Waals surface area contributed by atoms with Crippen molar-refractivity contribution in [3.63, 3.8) is 0 Å². The number of benzene rings is 1. The Bertz CT molecular complexity index is 613. The number of hydrogen-bond donors (Lipinski definition) is 1. The number of aromatic nitrogens is 1. The third-order valence-corrected chi connectivity index (χ3v) is 3.53. The van der Waals surface area contributed by atoms with Crippen LogP contribution in [0.4, 0.5) is 0 Å². The number of pyridine rings is 1. The molecule has 0 bridgehead atoms. The van der Waals surface area contributed by atoms with Crippen LogP contribution in [0.15, 0.2) is 36.5 Å². The number of fused-ring (bicyclic) bond motifs is 1. The van der Waals surface area contributed by atoms with Crippen LogP contribution in [0.3, 0.4) is 0 Å². The lowest BCUT2D eigenvalue weighted by Gasteiger charge is -2.21. The summed E-state index contributed by atoms with van der Waals surface area (Å²) < 4.78 is 11.1. The lowest BCUT2D eigenvalue weighted by atomic mass is 9.98. The number of nitrogens with zero attached hydrogens (tertiary/aromatic N) is 1. The smallest absolute Gasteiger partial charge is 0.161 e. The topological polar surface area (TPSA) is 57.4 Å². The number of ether oxygens (including phenoxy) is 2. The number of rotatable bonds is 3. The van der Waals surface area contributed by atoms with E-state index in [0.717, 1.165) is 29.2 Å². The second-order valence-electron chi connectivity index (χ2n) is 4.78. The Morgan fingerprint density at radius 1 is 1.20 bits per heavy atom. The summed E-state index contributed by atoms with van der Waals surface area (Å²) in [5.74, 6) is 1.54. The van der Waals surface area contributed by atoms with Crippen LogP contribution in [-0.2, 0) is 6.42 Å². The van der Waals surface area contributed by atoms with Crippen molar-refractivity contribution >= 4 is 0 Å². The van der Waals surface area contributed by atoms with Crippen LogP contribution in [-0.4, -0.2) is 18.2 Å². The van der Waals surface area contributed by atoms with Crippen LogP contribution in [0, 0.1) is 0 Å². The van der Waals surface area contributed by atoms with Gasteiger partial charge in [0.05, 0.1) is 11.7 Å². The first-order valence-electron chi connectivity index (χ1n) is 6.88. The van der Waals surface area contributed by atoms with Gasteiger partial charge in [-0.25, -0.2) is 0 Å². The molecule has 0 fully saturated rings. The van der Waals surface area contributed by atoms with Crippen molar-refractivity contribution in [2.45, 2.75) is 19.4 Å². The SMILES string of the molecule is CCc1cccnc1C(N)c1ccc2c(c1)OCCO2. The fourth-order valence-corrected chi connectivity index (χ4v) is 2.44. The summed E-state index contributed by atoms with van der Waals surface area (Å²) in [5, 5.41) is 0. The van der Waals surface area contributed by atoms with Gasteiger partial charge in [-0.2, -0.15) is 0 Å². The zero-order valence-corrected chi connectivity index (χ0v) is 11.5. The zero-order chi connectivity index (χ0) is 13.9. The predicted molar refractivity (Wildman–Crippen MR) is 77.1 cm³/mol. The first kappa shape index (κ1) is 12.9. The second-order valence-corrected chi connectivity index (χ2v) is 4.78. The predicted octanol–water partition coefficient (Wildman–Crippen LogP) is 2.46. The van der Waals surface area contributed by atoms with Crippen molar-refractivity contribution in [2.75, 3.05) is 13.2 Å². The molecule has 4 heteroatoms. The van der Waals surface area contributed by atoms with E-state index in [1.54, 1.807) is 6.20 Å². The molecule has 0 radical (unpaired) electrons. The molecule has 2 aromatic rings. The molecular formula is C16H18N2O2. The third-order valence-electron chi connectivity index (χ3n) is 3.53. The van der Waals surface area contributed by atoms with E-state index in [-0.39, 0.29) is 6.04 Å². The molecule has 3 rings (SSSR count). The molecule has 0 saturated carbocycles. The molecule has 1 aromatic carbocycles. The highest BCUT2D eigenvalue weighted by atomic mass is 16.6. The average molecular weight is 270 g/mol. The van der Waals surface area contributed by atoms with E-state index in [1.807, 2.05) is 24.3 Å². The van der Waals surface area contributed by atoms with E-state index in [9.17, 15) is 0 Å². The Labute approximate surface area is 118 Å². The van der Waals surface area contributed by atoms with Crippen molar-refractivity contribution in [3.05, 3.63) is 53.3 Å². The molecule has 2 N–H and O–H groups in total. The van der Waals surface area contributed by atoms with Gasteiger partial charge in [-0.05, 0) is 35.7 Å². The molecule has 20 heavy (non-hydrogen) atoms. The summed E-state index contributed by atoms with van der Waals surface area (Å²) >= 11 is 0. The molecule has 2 heterocycles. The Morgan fingerprint density at radius 3 is 2.80 bits per heavy atom. The van der Waals surface area contributed by atoms with Gasteiger partial charge in [0.1, 0.15) is 13.2 Å². The van der Waals surface area contributed by atoms with Crippen LogP contribution in [0.25, 0.3) is 0 Å². The third kappa shape index (κ3) is 2.34. The van der Waals surface area contributed by atoms with Gasteiger partial charge in [0.15, 0.2) is 11.5 Å². The number of aryl methyl sites for hydroxylation is 1. The molecule has 0 aliphatic carbocycles. The first-order chi connectivity index (χ1) is 9.79. The number of hydrogen-bond acceptors (Lipinski definition) is 4. The maximum Gasteiger partial charge on any atom is 0.161 e. The Hall–Kier alpha value is -2.07. The van der Waals surface area contributed by atoms with Crippen LogP contribution < -0.4 is 15.2 Å². The van der Waals surface area contributed by atoms with E-state index in [1.165, 1.54) is 5.56 Å². The summed E-state index contributed by atoms with van der Waals surface area (Å²) in [6.45, 7) is 3.28. The molecule has 1 unspecified atom stereocenters. The van der Waals surface area contributed by atoms with E-state index >= 15 is 0 Å². The molecule has 4 nitrogen and oxygen atoms in total. The minimum Gasteiger partial charge on any atom is -0.486 e. The van der Waals surface area contributed by atoms with Crippen molar-refractivity contribution in [2.24, 2.45) is 5.73 Å². The lowest BCUT2D eigenvalue weighted by molar-refractivity contribution is 0.171. The van der Waals surface area contributed by atoms with Crippen LogP contribution in [0.5, 0.6) is 11.5 Å². The molecule has 0 spiro atoms. The van der Waals surface area contributed by atoms with Gasteiger partial charge in [-0.15, -0.1) is 0 Å². The standard InChI is InChI=1S/C16H18N2O2/c1-2-11-4-3-7-18-16(11)15(17)12-5-6-13-14(10-12)20-9-8-19-13/h3-7,10,15H,2,8-9,17H2,1H3. The fourth-order valence-electron chi connectivity index (χ4n) is 2.44. The fraction of sp³-hybridized carbons (Fsp3) is 0.312. The van der Waals surface area contributed by atoms with Crippen LogP contribution in [0.1, 0.15) is 29.8 Å². The van der Waals surface area contributed by atoms with Crippen molar-refractivity contribution in [1.82, 2.24) is 4.98 Å². The van der Waals surface area contributed by atoms with E-state index in [4.69, 9.17) is 15.2 Å². The molecule has 104 valence electrons. The minimum absolute atomic E-state index is 0.248. The highest BCUT2D eigenvalue weighted by Crippen LogP contribution is 2.33. The lowest BCUT2D eigenvalue weighted by Crippen LogP contribution is -2.18. The molecule has 1 aromatic heterocycles. The molecule has 1 atom stereocenters. The molecular weight excluding hydrogens is 252 g/mol. The molecule has 0 saturated heterocycles. The van der Waals surface area contributed by atoms with Crippen molar-refractivity contribution < 1.29 is 9.47 Å². The summed E-state index contributed by atoms with van der Waals surface area (Å²) in [5.41, 5.74) is 9.45. The quantitative estimate of drug-likeness (QED) is 0.930. The van der Waals surface area contributed by atoms with E-state index in [2.05, 4.69) is 18.0 Å². The monoisotopic (exact) mass is 270 g/mol. The highest BCUT2D eigenvalue weighted by Gasteiger charge is 2.18. The van der Waals surface area contributed by atoms with Crippen molar-refractivity contribution in [1.29, 1.82) is 0 Å². The van der Waals surface area contributed by atoms with Crippen molar-refractivity contribution in [3.8, 4) is 11.5 Å². The minimum atomic E-state index is -0.248. The first-order valence-corrected chi connectivity index (χ1v) is 6.88. The number of nitrogens with two attached hydrogens (primary N) is 1. The maximum absolute atomic E-state index is 6.37. The Balaban J connectivity index is 1.96. The van der Waals surface area contributed by atoms with E-state index < -0.39 is 0 Å². The van der Waals surface area contributed by atoms with Crippen LogP contribution >= 0.6 is 0 Å². The molecule has 1 aliphatic heterocycles. The van der Waals surface area contributed by atoms with Gasteiger partial charge in [-0.1, -0.05) is 19.1 Å². The molecule has 0 amide bonds. The summed E-state index contributed by atoms with van der Waals surface area (Å²) in [6, 6.07) is 9.61. The Morgan fingerprint density at radius 2 is 2.00 bits per heavy atom. The largest absolute Gasteiger partial charge is 0.486 e. The van der Waals surface area contributed by atoms with E-state index in [0.29, 0.717) is 13.2 Å². The summed E-state index contributed by atoms with van der Waals surface area (Å²) in [7, 11) is 0. The van der Waals surface area contributed by atoms with Gasteiger partial charge >= 0.3 is 0 Å². The van der Waals surface area contributed by atoms with Gasteiger partial charge in [-0.3, -0.25) is 4.98 Å². The van der Waals surface area contributed by atoms with Gasteiger partial charge < -0.3 is 15.2 Å². The summed E-state index contributed by atoms with van der Waals surface area (Å²) in [6.07, 6.45) is 2.70. The van der Waals surface area contributed by atoms with Gasteiger partial charge in [0.2, 0.25) is 0 Å². The highest BCUT2D eigenvalue weighted by molar-refractivity contribution is 5.46. The van der Waals surface area contributed by atoms with Gasteiger partial charge in [0, 0.05) is 6.20 Å². The van der Waals surface area contributed by atoms with Gasteiger partial charge in [0.25, 0.3) is 0 Å². The summed E-state index contributed by atoms with van der Waals surface area (Å²) in [4.78, 5) is 4.44. The average Bonchev–Trinajstić information content (AvgIpc) is 2.53. The Kier molecular flexibility index (Phi) is 3.56. The zero-order valence-electron chi connectivity index (χ0n) is 11.5. The second kappa shape index (κ2) is 5.51.